The van der Waals surface area contributed by atoms with Gasteiger partial charge in [-0.2, -0.15) is 4.31 Å². The Labute approximate surface area is 139 Å². The molecule has 24 heavy (non-hydrogen) atoms. The highest BCUT2D eigenvalue weighted by Crippen LogP contribution is 2.19. The first-order valence-corrected chi connectivity index (χ1v) is 8.61. The van der Waals surface area contributed by atoms with Crippen molar-refractivity contribution >= 4 is 16.0 Å². The minimum absolute atomic E-state index is 0.0305. The molecule has 1 aromatic heterocycles. The van der Waals surface area contributed by atoms with E-state index in [4.69, 9.17) is 4.42 Å². The highest BCUT2D eigenvalue weighted by Gasteiger charge is 2.26. The zero-order valence-corrected chi connectivity index (χ0v) is 14.0. The summed E-state index contributed by atoms with van der Waals surface area (Å²) in [6.07, 6.45) is 1.67. The van der Waals surface area contributed by atoms with Gasteiger partial charge in [-0.15, -0.1) is 0 Å². The number of methoxy groups -OCH3 is 1. The zero-order valence-electron chi connectivity index (χ0n) is 13.2. The van der Waals surface area contributed by atoms with E-state index in [2.05, 4.69) is 9.72 Å². The molecule has 0 fully saturated rings. The molecular weight excluding hydrogens is 339 g/mol. The average molecular weight is 356 g/mol. The second kappa shape index (κ2) is 7.54. The maximum absolute atomic E-state index is 13.0. The highest BCUT2D eigenvalue weighted by molar-refractivity contribution is 7.89. The third-order valence-corrected chi connectivity index (χ3v) is 5.04. The number of rotatable bonds is 7. The summed E-state index contributed by atoms with van der Waals surface area (Å²) in [5, 5.41) is 0. The second-order valence-corrected chi connectivity index (χ2v) is 6.85. The van der Waals surface area contributed by atoms with Gasteiger partial charge in [-0.1, -0.05) is 6.92 Å². The fourth-order valence-corrected chi connectivity index (χ4v) is 3.50. The lowest BCUT2D eigenvalue weighted by atomic mass is 10.4. The number of oxazole rings is 1. The lowest BCUT2D eigenvalue weighted by Crippen LogP contribution is -2.31. The SMILES string of the molecule is CCCN(Cc1nc(C(=O)OC)co1)S(=O)(=O)c1ccc(F)cc1. The van der Waals surface area contributed by atoms with Crippen LogP contribution in [0.3, 0.4) is 0 Å². The van der Waals surface area contributed by atoms with Gasteiger partial charge >= 0.3 is 5.97 Å². The number of aromatic nitrogens is 1. The number of benzene rings is 1. The molecule has 0 spiro atoms. The van der Waals surface area contributed by atoms with E-state index in [1.165, 1.54) is 19.2 Å². The largest absolute Gasteiger partial charge is 0.464 e. The van der Waals surface area contributed by atoms with Crippen molar-refractivity contribution in [2.45, 2.75) is 24.8 Å². The maximum atomic E-state index is 13.0. The second-order valence-electron chi connectivity index (χ2n) is 4.91. The summed E-state index contributed by atoms with van der Waals surface area (Å²) in [6, 6.07) is 4.56. The highest BCUT2D eigenvalue weighted by atomic mass is 32.2. The van der Waals surface area contributed by atoms with E-state index < -0.39 is 21.8 Å². The van der Waals surface area contributed by atoms with Crippen LogP contribution < -0.4 is 0 Å². The number of esters is 1. The predicted octanol–water partition coefficient (Wildman–Crippen LogP) is 2.20. The third kappa shape index (κ3) is 3.98. The van der Waals surface area contributed by atoms with E-state index in [1.54, 1.807) is 0 Å². The number of ether oxygens (including phenoxy) is 1. The van der Waals surface area contributed by atoms with Crippen LogP contribution in [0.25, 0.3) is 0 Å². The summed E-state index contributed by atoms with van der Waals surface area (Å²) in [7, 11) is -2.64. The van der Waals surface area contributed by atoms with Gasteiger partial charge < -0.3 is 9.15 Å². The van der Waals surface area contributed by atoms with Crippen LogP contribution in [0, 0.1) is 5.82 Å². The Morgan fingerprint density at radius 3 is 2.58 bits per heavy atom. The van der Waals surface area contributed by atoms with Crippen LogP contribution >= 0.6 is 0 Å². The molecule has 0 aliphatic carbocycles. The number of carbonyl (C=O) groups is 1. The predicted molar refractivity (Wildman–Crippen MR) is 82.1 cm³/mol. The first-order valence-electron chi connectivity index (χ1n) is 7.17. The Morgan fingerprint density at radius 2 is 2.00 bits per heavy atom. The fraction of sp³-hybridized carbons (Fsp3) is 0.333. The first kappa shape index (κ1) is 18.1. The molecule has 0 radical (unpaired) electrons. The van der Waals surface area contributed by atoms with Crippen LogP contribution in [0.5, 0.6) is 0 Å². The number of halogens is 1. The lowest BCUT2D eigenvalue weighted by molar-refractivity contribution is 0.0594. The Bertz CT molecular complexity index is 802. The van der Waals surface area contributed by atoms with Crippen molar-refractivity contribution in [3.05, 3.63) is 47.9 Å². The van der Waals surface area contributed by atoms with Gasteiger partial charge in [0.25, 0.3) is 0 Å². The molecule has 130 valence electrons. The molecule has 0 aliphatic rings. The fourth-order valence-electron chi connectivity index (χ4n) is 2.02. The molecule has 2 rings (SSSR count). The van der Waals surface area contributed by atoms with Crippen molar-refractivity contribution in [3.63, 3.8) is 0 Å². The summed E-state index contributed by atoms with van der Waals surface area (Å²) in [5.41, 5.74) is -0.0388. The van der Waals surface area contributed by atoms with Crippen LogP contribution in [0.4, 0.5) is 4.39 Å². The van der Waals surface area contributed by atoms with E-state index in [1.807, 2.05) is 6.92 Å². The number of hydrogen-bond donors (Lipinski definition) is 0. The lowest BCUT2D eigenvalue weighted by Gasteiger charge is -2.20. The van der Waals surface area contributed by atoms with Crippen LogP contribution in [0.2, 0.25) is 0 Å². The molecule has 0 bridgehead atoms. The molecule has 0 atom stereocenters. The van der Waals surface area contributed by atoms with Crippen molar-refractivity contribution < 1.29 is 26.8 Å². The first-order chi connectivity index (χ1) is 11.4. The molecule has 0 aliphatic heterocycles. The monoisotopic (exact) mass is 356 g/mol. The van der Waals surface area contributed by atoms with E-state index in [0.29, 0.717) is 6.42 Å². The molecule has 0 N–H and O–H groups in total. The minimum atomic E-state index is -3.84. The van der Waals surface area contributed by atoms with Crippen molar-refractivity contribution in [1.29, 1.82) is 0 Å². The molecular formula is C15H17FN2O5S. The topological polar surface area (TPSA) is 89.7 Å². The molecule has 0 unspecified atom stereocenters. The van der Waals surface area contributed by atoms with Gasteiger partial charge in [-0.25, -0.2) is 22.6 Å². The Balaban J connectivity index is 2.26. The average Bonchev–Trinajstić information content (AvgIpc) is 3.03. The van der Waals surface area contributed by atoms with Crippen molar-refractivity contribution in [2.24, 2.45) is 0 Å². The van der Waals surface area contributed by atoms with Crippen molar-refractivity contribution in [2.75, 3.05) is 13.7 Å². The summed E-state index contributed by atoms with van der Waals surface area (Å²) >= 11 is 0. The van der Waals surface area contributed by atoms with Crippen LogP contribution in [-0.2, 0) is 21.3 Å². The van der Waals surface area contributed by atoms with Gasteiger partial charge in [0.15, 0.2) is 5.69 Å². The summed E-state index contributed by atoms with van der Waals surface area (Å²) in [4.78, 5) is 15.3. The molecule has 1 aromatic carbocycles. The Kier molecular flexibility index (Phi) is 5.68. The molecule has 2 aromatic rings. The van der Waals surface area contributed by atoms with Crippen LogP contribution in [-0.4, -0.2) is 37.3 Å². The maximum Gasteiger partial charge on any atom is 0.360 e. The van der Waals surface area contributed by atoms with E-state index in [0.717, 1.165) is 22.7 Å². The minimum Gasteiger partial charge on any atom is -0.464 e. The summed E-state index contributed by atoms with van der Waals surface area (Å²) < 4.78 is 49.2. The van der Waals surface area contributed by atoms with Crippen LogP contribution in [0.1, 0.15) is 29.7 Å². The van der Waals surface area contributed by atoms with E-state index in [9.17, 15) is 17.6 Å². The zero-order chi connectivity index (χ0) is 17.7. The van der Waals surface area contributed by atoms with Crippen LogP contribution in [0.15, 0.2) is 39.8 Å². The molecule has 1 heterocycles. The van der Waals surface area contributed by atoms with Gasteiger partial charge in [0.2, 0.25) is 15.9 Å². The van der Waals surface area contributed by atoms with Gasteiger partial charge in [-0.05, 0) is 30.7 Å². The standard InChI is InChI=1S/C15H17FN2O5S/c1-3-8-18(9-14-17-13(10-23-14)15(19)22-2)24(20,21)12-6-4-11(16)5-7-12/h4-7,10H,3,8-9H2,1-2H3. The molecule has 0 amide bonds. The van der Waals surface area contributed by atoms with Crippen molar-refractivity contribution in [1.82, 2.24) is 9.29 Å². The summed E-state index contributed by atoms with van der Waals surface area (Å²) in [6.45, 7) is 1.89. The normalized spacial score (nSPS) is 11.7. The van der Waals surface area contributed by atoms with E-state index >= 15 is 0 Å². The van der Waals surface area contributed by atoms with Gasteiger partial charge in [0.05, 0.1) is 18.6 Å². The number of carbonyl (C=O) groups excluding carboxylic acids is 1. The van der Waals surface area contributed by atoms with Crippen molar-refractivity contribution in [3.8, 4) is 0 Å². The smallest absolute Gasteiger partial charge is 0.360 e. The van der Waals surface area contributed by atoms with Gasteiger partial charge in [-0.3, -0.25) is 0 Å². The molecule has 7 nitrogen and oxygen atoms in total. The Morgan fingerprint density at radius 1 is 1.33 bits per heavy atom. The quantitative estimate of drug-likeness (QED) is 0.707. The third-order valence-electron chi connectivity index (χ3n) is 3.18. The summed E-state index contributed by atoms with van der Waals surface area (Å²) in [5.74, 6) is -1.13. The van der Waals surface area contributed by atoms with Gasteiger partial charge in [0, 0.05) is 6.54 Å². The molecule has 0 saturated carbocycles. The number of sulfonamides is 1. The Hall–Kier alpha value is -2.26. The van der Waals surface area contributed by atoms with E-state index in [-0.39, 0.29) is 29.6 Å². The molecule has 9 heteroatoms. The number of hydrogen-bond acceptors (Lipinski definition) is 6. The number of nitrogens with zero attached hydrogens (tertiary/aromatic N) is 2. The van der Waals surface area contributed by atoms with Gasteiger partial charge in [0.1, 0.15) is 12.1 Å². The molecule has 0 saturated heterocycles.